The Kier molecular flexibility index (Phi) is 4.77. The van der Waals surface area contributed by atoms with E-state index in [1.165, 1.54) is 5.56 Å². The van der Waals surface area contributed by atoms with Crippen LogP contribution in [0.25, 0.3) is 0 Å². The number of benzene rings is 1. The second-order valence-corrected chi connectivity index (χ2v) is 5.83. The molecule has 2 aromatic rings. The molecule has 0 aliphatic heterocycles. The van der Waals surface area contributed by atoms with Gasteiger partial charge in [-0.05, 0) is 29.5 Å². The number of rotatable bonds is 6. The van der Waals surface area contributed by atoms with Crippen LogP contribution in [-0.4, -0.2) is 10.1 Å². The van der Waals surface area contributed by atoms with E-state index in [2.05, 4.69) is 67.4 Å². The molecule has 20 heavy (non-hydrogen) atoms. The third-order valence-electron chi connectivity index (χ3n) is 3.12. The maximum absolute atomic E-state index is 5.23. The summed E-state index contributed by atoms with van der Waals surface area (Å²) in [6.45, 7) is 9.23. The van der Waals surface area contributed by atoms with Gasteiger partial charge >= 0.3 is 0 Å². The van der Waals surface area contributed by atoms with E-state index in [0.717, 1.165) is 17.9 Å². The molecule has 4 nitrogen and oxygen atoms in total. The van der Waals surface area contributed by atoms with Gasteiger partial charge in [-0.15, -0.1) is 0 Å². The van der Waals surface area contributed by atoms with E-state index in [0.29, 0.717) is 24.3 Å². The molecule has 0 fully saturated rings. The van der Waals surface area contributed by atoms with Gasteiger partial charge in [0.15, 0.2) is 5.82 Å². The molecule has 2 rings (SSSR count). The molecule has 4 heteroatoms. The first kappa shape index (κ1) is 14.6. The molecule has 0 atom stereocenters. The largest absolute Gasteiger partial charge is 0.376 e. The smallest absolute Gasteiger partial charge is 0.245 e. The number of nitrogens with zero attached hydrogens (tertiary/aromatic N) is 2. The molecule has 1 aromatic heterocycles. The number of anilines is 1. The summed E-state index contributed by atoms with van der Waals surface area (Å²) in [6.07, 6.45) is 0.854. The quantitative estimate of drug-likeness (QED) is 0.864. The summed E-state index contributed by atoms with van der Waals surface area (Å²) in [5.41, 5.74) is 2.41. The number of hydrogen-bond acceptors (Lipinski definition) is 4. The van der Waals surface area contributed by atoms with Crippen LogP contribution in [-0.2, 0) is 13.0 Å². The van der Waals surface area contributed by atoms with Crippen LogP contribution in [0.15, 0.2) is 28.8 Å². The van der Waals surface area contributed by atoms with Crippen molar-refractivity contribution in [2.24, 2.45) is 5.92 Å². The van der Waals surface area contributed by atoms with Crippen LogP contribution in [0.2, 0.25) is 0 Å². The van der Waals surface area contributed by atoms with E-state index < -0.39 is 0 Å². The Labute approximate surface area is 120 Å². The third kappa shape index (κ3) is 4.08. The van der Waals surface area contributed by atoms with Gasteiger partial charge in [-0.25, -0.2) is 0 Å². The fourth-order valence-electron chi connectivity index (χ4n) is 1.97. The maximum Gasteiger partial charge on any atom is 0.245 e. The zero-order valence-corrected chi connectivity index (χ0v) is 12.7. The van der Waals surface area contributed by atoms with Crippen molar-refractivity contribution < 1.29 is 4.52 Å². The van der Waals surface area contributed by atoms with E-state index in [1.54, 1.807) is 0 Å². The third-order valence-corrected chi connectivity index (χ3v) is 3.12. The van der Waals surface area contributed by atoms with Crippen LogP contribution < -0.4 is 5.32 Å². The average molecular weight is 273 g/mol. The molecule has 108 valence electrons. The molecule has 0 spiro atoms. The van der Waals surface area contributed by atoms with Crippen molar-refractivity contribution in [2.45, 2.75) is 46.6 Å². The lowest BCUT2D eigenvalue weighted by Gasteiger charge is -2.07. The van der Waals surface area contributed by atoms with Crippen LogP contribution in [0, 0.1) is 5.92 Å². The predicted octanol–water partition coefficient (Wildman–Crippen LogP) is 4.00. The van der Waals surface area contributed by atoms with Gasteiger partial charge in [-0.1, -0.05) is 45.0 Å². The molecular formula is C16H23N3O. The minimum atomic E-state index is 0.539. The molecule has 0 saturated heterocycles. The molecule has 0 unspecified atom stereocenters. The Morgan fingerprint density at radius 3 is 2.40 bits per heavy atom. The summed E-state index contributed by atoms with van der Waals surface area (Å²) in [4.78, 5) is 4.37. The first-order valence-electron chi connectivity index (χ1n) is 7.20. The molecule has 1 heterocycles. The Balaban J connectivity index is 1.89. The minimum absolute atomic E-state index is 0.539. The number of aromatic nitrogens is 2. The van der Waals surface area contributed by atoms with Gasteiger partial charge < -0.3 is 9.84 Å². The van der Waals surface area contributed by atoms with E-state index in [-0.39, 0.29) is 0 Å². The highest BCUT2D eigenvalue weighted by Crippen LogP contribution is 2.17. The van der Waals surface area contributed by atoms with Gasteiger partial charge in [-0.3, -0.25) is 0 Å². The second-order valence-electron chi connectivity index (χ2n) is 5.83. The lowest BCUT2D eigenvalue weighted by molar-refractivity contribution is 0.375. The zero-order valence-electron chi connectivity index (χ0n) is 12.7. The summed E-state index contributed by atoms with van der Waals surface area (Å²) >= 11 is 0. The lowest BCUT2D eigenvalue weighted by Crippen LogP contribution is -2.01. The number of nitrogens with one attached hydrogen (secondary N) is 1. The second kappa shape index (κ2) is 6.55. The molecule has 0 bridgehead atoms. The van der Waals surface area contributed by atoms with E-state index in [4.69, 9.17) is 4.52 Å². The monoisotopic (exact) mass is 273 g/mol. The average Bonchev–Trinajstić information content (AvgIpc) is 2.83. The van der Waals surface area contributed by atoms with Gasteiger partial charge in [0, 0.05) is 12.1 Å². The van der Waals surface area contributed by atoms with Crippen LogP contribution in [0.5, 0.6) is 0 Å². The fraction of sp³-hybridized carbons (Fsp3) is 0.500. The Hall–Kier alpha value is -1.84. The summed E-state index contributed by atoms with van der Waals surface area (Å²) < 4.78 is 5.23. The van der Waals surface area contributed by atoms with Crippen molar-refractivity contribution in [2.75, 3.05) is 5.32 Å². The molecule has 0 saturated carbocycles. The van der Waals surface area contributed by atoms with E-state index >= 15 is 0 Å². The molecule has 0 radical (unpaired) electrons. The van der Waals surface area contributed by atoms with Gasteiger partial charge in [0.2, 0.25) is 5.89 Å². The lowest BCUT2D eigenvalue weighted by atomic mass is 10.0. The SMILES string of the molecule is CC(C)Cc1noc(CNc2ccc(C(C)C)cc2)n1. The van der Waals surface area contributed by atoms with Crippen molar-refractivity contribution in [3.63, 3.8) is 0 Å². The van der Waals surface area contributed by atoms with Gasteiger partial charge in [-0.2, -0.15) is 4.98 Å². The Morgan fingerprint density at radius 2 is 1.80 bits per heavy atom. The molecule has 1 N–H and O–H groups in total. The predicted molar refractivity (Wildman–Crippen MR) is 80.7 cm³/mol. The molecule has 0 aliphatic rings. The highest BCUT2D eigenvalue weighted by atomic mass is 16.5. The highest BCUT2D eigenvalue weighted by Gasteiger charge is 2.07. The Bertz CT molecular complexity index is 529. The first-order valence-corrected chi connectivity index (χ1v) is 7.20. The topological polar surface area (TPSA) is 51.0 Å². The normalized spacial score (nSPS) is 11.3. The summed E-state index contributed by atoms with van der Waals surface area (Å²) in [6, 6.07) is 8.46. The summed E-state index contributed by atoms with van der Waals surface area (Å²) in [7, 11) is 0. The van der Waals surface area contributed by atoms with Crippen LogP contribution >= 0.6 is 0 Å². The highest BCUT2D eigenvalue weighted by molar-refractivity contribution is 5.45. The molecular weight excluding hydrogens is 250 g/mol. The Morgan fingerprint density at radius 1 is 1.10 bits per heavy atom. The van der Waals surface area contributed by atoms with Crippen molar-refractivity contribution in [1.82, 2.24) is 10.1 Å². The van der Waals surface area contributed by atoms with Crippen LogP contribution in [0.4, 0.5) is 5.69 Å². The number of hydrogen-bond donors (Lipinski definition) is 1. The molecule has 0 amide bonds. The van der Waals surface area contributed by atoms with Crippen molar-refractivity contribution in [3.05, 3.63) is 41.5 Å². The van der Waals surface area contributed by atoms with E-state index in [9.17, 15) is 0 Å². The minimum Gasteiger partial charge on any atom is -0.376 e. The molecule has 1 aromatic carbocycles. The van der Waals surface area contributed by atoms with Crippen LogP contribution in [0.3, 0.4) is 0 Å². The molecule has 0 aliphatic carbocycles. The summed E-state index contributed by atoms with van der Waals surface area (Å²) in [5, 5.41) is 7.28. The zero-order chi connectivity index (χ0) is 14.5. The van der Waals surface area contributed by atoms with Gasteiger partial charge in [0.1, 0.15) is 0 Å². The van der Waals surface area contributed by atoms with Crippen molar-refractivity contribution >= 4 is 5.69 Å². The van der Waals surface area contributed by atoms with E-state index in [1.807, 2.05) is 0 Å². The van der Waals surface area contributed by atoms with Crippen molar-refractivity contribution in [3.8, 4) is 0 Å². The maximum atomic E-state index is 5.23. The van der Waals surface area contributed by atoms with Gasteiger partial charge in [0.25, 0.3) is 0 Å². The van der Waals surface area contributed by atoms with Gasteiger partial charge in [0.05, 0.1) is 6.54 Å². The fourth-order valence-corrected chi connectivity index (χ4v) is 1.97. The summed E-state index contributed by atoms with van der Waals surface area (Å²) in [5.74, 6) is 2.51. The first-order chi connectivity index (χ1) is 9.54. The standard InChI is InChI=1S/C16H23N3O/c1-11(2)9-15-18-16(20-19-15)10-17-14-7-5-13(6-8-14)12(3)4/h5-8,11-12,17H,9-10H2,1-4H3. The van der Waals surface area contributed by atoms with Crippen LogP contribution in [0.1, 0.15) is 50.9 Å². The van der Waals surface area contributed by atoms with Crippen molar-refractivity contribution in [1.29, 1.82) is 0 Å².